The number of likely N-dealkylation sites (N-methyl/N-ethyl adjacent to an activating group) is 1. The number of amides is 1. The van der Waals surface area contributed by atoms with Crippen molar-refractivity contribution >= 4 is 28.7 Å². The Morgan fingerprint density at radius 2 is 1.88 bits per heavy atom. The van der Waals surface area contributed by atoms with Crippen molar-refractivity contribution in [3.05, 3.63) is 79.1 Å². The van der Waals surface area contributed by atoms with E-state index in [4.69, 9.17) is 5.73 Å². The molecule has 0 bridgehead atoms. The van der Waals surface area contributed by atoms with Crippen molar-refractivity contribution in [2.75, 3.05) is 24.2 Å². The monoisotopic (exact) mass is 455 g/mol. The summed E-state index contributed by atoms with van der Waals surface area (Å²) in [6.45, 7) is 3.25. The summed E-state index contributed by atoms with van der Waals surface area (Å²) in [7, 11) is 1.85. The minimum Gasteiger partial charge on any atom is -0.383 e. The summed E-state index contributed by atoms with van der Waals surface area (Å²) < 4.78 is 1.33. The Kier molecular flexibility index (Phi) is 8.02. The summed E-state index contributed by atoms with van der Waals surface area (Å²) >= 11 is 1.60. The topological polar surface area (TPSA) is 104 Å². The van der Waals surface area contributed by atoms with Crippen LogP contribution < -0.4 is 21.9 Å². The van der Waals surface area contributed by atoms with Crippen LogP contribution in [0.1, 0.15) is 30.9 Å². The molecule has 0 saturated carbocycles. The lowest BCUT2D eigenvalue weighted by atomic mass is 10.2. The normalized spacial score (nSPS) is 11.1. The van der Waals surface area contributed by atoms with Gasteiger partial charge in [-0.05, 0) is 41.4 Å². The molecule has 2 heterocycles. The van der Waals surface area contributed by atoms with Crippen molar-refractivity contribution in [1.29, 1.82) is 0 Å². The molecule has 3 N–H and O–H groups in total. The van der Waals surface area contributed by atoms with Crippen LogP contribution in [0.15, 0.2) is 56.7 Å². The number of nitrogens with two attached hydrogens (primary N) is 1. The number of nitrogen functional groups attached to an aromatic ring is 1. The molecular weight excluding hydrogens is 426 g/mol. The van der Waals surface area contributed by atoms with Gasteiger partial charge in [-0.25, -0.2) is 4.79 Å². The lowest BCUT2D eigenvalue weighted by Gasteiger charge is -2.27. The van der Waals surface area contributed by atoms with E-state index in [-0.39, 0.29) is 30.5 Å². The minimum atomic E-state index is -0.662. The van der Waals surface area contributed by atoms with Crippen molar-refractivity contribution in [2.24, 2.45) is 0 Å². The fourth-order valence-corrected chi connectivity index (χ4v) is 4.16. The zero-order chi connectivity index (χ0) is 23.1. The Hall–Kier alpha value is -3.17. The maximum atomic E-state index is 13.4. The minimum absolute atomic E-state index is 0.0111. The SMILES string of the molecule is CCCCn1c(N)c(N(Cc2ccccc2)C(=O)CN(C)Cc2ccsc2)c(=O)[nH]c1=O. The molecular formula is C23H29N5O3S. The number of rotatable bonds is 10. The number of benzene rings is 1. The Balaban J connectivity index is 1.96. The highest BCUT2D eigenvalue weighted by molar-refractivity contribution is 7.07. The Labute approximate surface area is 190 Å². The number of thiophene rings is 1. The summed E-state index contributed by atoms with van der Waals surface area (Å²) in [6, 6.07) is 11.4. The number of nitrogens with zero attached hydrogens (tertiary/aromatic N) is 3. The number of hydrogen-bond donors (Lipinski definition) is 2. The molecule has 0 saturated heterocycles. The first kappa shape index (κ1) is 23.5. The van der Waals surface area contributed by atoms with Crippen molar-refractivity contribution < 1.29 is 4.79 Å². The second kappa shape index (κ2) is 10.9. The molecule has 3 aromatic rings. The number of nitrogens with one attached hydrogen (secondary N) is 1. The summed E-state index contributed by atoms with van der Waals surface area (Å²) in [5.74, 6) is -0.263. The molecule has 2 aromatic heterocycles. The van der Waals surface area contributed by atoms with Gasteiger partial charge in [0.1, 0.15) is 5.82 Å². The van der Waals surface area contributed by atoms with Crippen molar-refractivity contribution in [1.82, 2.24) is 14.5 Å². The van der Waals surface area contributed by atoms with Crippen LogP contribution in [0.25, 0.3) is 0 Å². The predicted octanol–water partition coefficient (Wildman–Crippen LogP) is 2.65. The van der Waals surface area contributed by atoms with Gasteiger partial charge in [0.2, 0.25) is 5.91 Å². The highest BCUT2D eigenvalue weighted by Gasteiger charge is 2.25. The summed E-state index contributed by atoms with van der Waals surface area (Å²) in [5.41, 5.74) is 7.05. The number of aromatic nitrogens is 2. The molecule has 32 heavy (non-hydrogen) atoms. The van der Waals surface area contributed by atoms with E-state index in [0.29, 0.717) is 13.1 Å². The first-order valence-electron chi connectivity index (χ1n) is 10.6. The van der Waals surface area contributed by atoms with E-state index in [2.05, 4.69) is 4.98 Å². The van der Waals surface area contributed by atoms with Crippen LogP contribution in [0.2, 0.25) is 0 Å². The third kappa shape index (κ3) is 5.74. The Morgan fingerprint density at radius 1 is 1.12 bits per heavy atom. The fraction of sp³-hybridized carbons (Fsp3) is 0.348. The summed E-state index contributed by atoms with van der Waals surface area (Å²) in [6.07, 6.45) is 1.59. The molecule has 8 nitrogen and oxygen atoms in total. The molecule has 0 fully saturated rings. The van der Waals surface area contributed by atoms with Gasteiger partial charge in [-0.2, -0.15) is 11.3 Å². The lowest BCUT2D eigenvalue weighted by molar-refractivity contribution is -0.119. The highest BCUT2D eigenvalue weighted by Crippen LogP contribution is 2.21. The number of carbonyl (C=O) groups is 1. The van der Waals surface area contributed by atoms with E-state index in [1.807, 2.05) is 66.0 Å². The van der Waals surface area contributed by atoms with Crippen LogP contribution in [0.4, 0.5) is 11.5 Å². The number of unbranched alkanes of at least 4 members (excludes halogenated alkanes) is 1. The standard InChI is InChI=1S/C23H29N5O3S/c1-3-4-11-27-21(24)20(22(30)25-23(27)31)28(14-17-8-6-5-7-9-17)19(29)15-26(2)13-18-10-12-32-16-18/h5-10,12,16H,3-4,11,13-15,24H2,1-2H3,(H,25,30,31). The third-order valence-electron chi connectivity index (χ3n) is 5.14. The first-order chi connectivity index (χ1) is 15.4. The molecule has 170 valence electrons. The highest BCUT2D eigenvalue weighted by atomic mass is 32.1. The van der Waals surface area contributed by atoms with Gasteiger partial charge in [-0.3, -0.25) is 28.9 Å². The molecule has 0 aliphatic carbocycles. The van der Waals surface area contributed by atoms with Crippen LogP contribution in [0, 0.1) is 0 Å². The van der Waals surface area contributed by atoms with Gasteiger partial charge in [0.15, 0.2) is 5.69 Å². The number of H-pyrrole nitrogens is 1. The quantitative estimate of drug-likeness (QED) is 0.489. The smallest absolute Gasteiger partial charge is 0.330 e. The molecule has 3 rings (SSSR count). The number of hydrogen-bond acceptors (Lipinski definition) is 6. The van der Waals surface area contributed by atoms with E-state index < -0.39 is 11.2 Å². The summed E-state index contributed by atoms with van der Waals surface area (Å²) in [5, 5.41) is 4.03. The average Bonchev–Trinajstić information content (AvgIpc) is 3.26. The van der Waals surface area contributed by atoms with E-state index in [0.717, 1.165) is 24.0 Å². The largest absolute Gasteiger partial charge is 0.383 e. The fourth-order valence-electron chi connectivity index (χ4n) is 3.50. The second-order valence-corrected chi connectivity index (χ2v) is 8.55. The van der Waals surface area contributed by atoms with Crippen molar-refractivity contribution in [2.45, 2.75) is 39.4 Å². The molecule has 0 radical (unpaired) electrons. The van der Waals surface area contributed by atoms with Gasteiger partial charge in [0, 0.05) is 13.1 Å². The van der Waals surface area contributed by atoms with Gasteiger partial charge in [0.25, 0.3) is 5.56 Å². The van der Waals surface area contributed by atoms with Crippen LogP contribution >= 0.6 is 11.3 Å². The van der Waals surface area contributed by atoms with E-state index in [9.17, 15) is 14.4 Å². The maximum Gasteiger partial charge on any atom is 0.330 e. The van der Waals surface area contributed by atoms with Gasteiger partial charge in [-0.1, -0.05) is 43.7 Å². The molecule has 1 amide bonds. The average molecular weight is 456 g/mol. The second-order valence-electron chi connectivity index (χ2n) is 7.77. The summed E-state index contributed by atoms with van der Waals surface area (Å²) in [4.78, 5) is 44.2. The first-order valence-corrected chi connectivity index (χ1v) is 11.5. The van der Waals surface area contributed by atoms with Crippen LogP contribution in [-0.4, -0.2) is 34.0 Å². The zero-order valence-corrected chi connectivity index (χ0v) is 19.2. The molecule has 0 unspecified atom stereocenters. The van der Waals surface area contributed by atoms with Gasteiger partial charge in [-0.15, -0.1) is 0 Å². The molecule has 0 aliphatic heterocycles. The van der Waals surface area contributed by atoms with Crippen LogP contribution in [0.3, 0.4) is 0 Å². The number of anilines is 2. The molecule has 1 aromatic carbocycles. The Bertz CT molecular complexity index is 1140. The van der Waals surface area contributed by atoms with Gasteiger partial charge in [0.05, 0.1) is 13.1 Å². The number of carbonyl (C=O) groups excluding carboxylic acids is 1. The maximum absolute atomic E-state index is 13.4. The van der Waals surface area contributed by atoms with E-state index in [1.54, 1.807) is 11.3 Å². The predicted molar refractivity (Wildman–Crippen MR) is 129 cm³/mol. The van der Waals surface area contributed by atoms with E-state index >= 15 is 0 Å². The molecule has 0 spiro atoms. The van der Waals surface area contributed by atoms with Gasteiger partial charge >= 0.3 is 5.69 Å². The van der Waals surface area contributed by atoms with Crippen LogP contribution in [-0.2, 0) is 24.4 Å². The Morgan fingerprint density at radius 3 is 2.53 bits per heavy atom. The molecule has 9 heteroatoms. The molecule has 0 aliphatic rings. The van der Waals surface area contributed by atoms with Crippen LogP contribution in [0.5, 0.6) is 0 Å². The van der Waals surface area contributed by atoms with Crippen molar-refractivity contribution in [3.8, 4) is 0 Å². The van der Waals surface area contributed by atoms with Gasteiger partial charge < -0.3 is 5.73 Å². The molecule has 0 atom stereocenters. The number of aromatic amines is 1. The zero-order valence-electron chi connectivity index (χ0n) is 18.4. The lowest BCUT2D eigenvalue weighted by Crippen LogP contribution is -2.44. The van der Waals surface area contributed by atoms with E-state index in [1.165, 1.54) is 9.47 Å². The van der Waals surface area contributed by atoms with Crippen molar-refractivity contribution in [3.63, 3.8) is 0 Å². The third-order valence-corrected chi connectivity index (χ3v) is 5.87.